The summed E-state index contributed by atoms with van der Waals surface area (Å²) in [5, 5.41) is 2.58. The molecule has 1 aromatic carbocycles. The number of carbonyl (C=O) groups is 2. The van der Waals surface area contributed by atoms with Crippen LogP contribution in [0.25, 0.3) is 0 Å². The highest BCUT2D eigenvalue weighted by atomic mass is 79.9. The van der Waals surface area contributed by atoms with E-state index in [4.69, 9.17) is 0 Å². The van der Waals surface area contributed by atoms with Crippen molar-refractivity contribution in [3.8, 4) is 0 Å². The van der Waals surface area contributed by atoms with Gasteiger partial charge in [0.2, 0.25) is 11.6 Å². The number of ketones is 2. The molecular formula is C15H6Br2F3N3O2. The summed E-state index contributed by atoms with van der Waals surface area (Å²) in [4.78, 5) is 32.3. The lowest BCUT2D eigenvalue weighted by Gasteiger charge is -2.19. The molecule has 5 nitrogen and oxygen atoms in total. The van der Waals surface area contributed by atoms with Crippen LogP contribution >= 0.6 is 31.9 Å². The summed E-state index contributed by atoms with van der Waals surface area (Å²) in [7, 11) is 0. The van der Waals surface area contributed by atoms with E-state index in [0.29, 0.717) is 0 Å². The van der Waals surface area contributed by atoms with Gasteiger partial charge in [-0.3, -0.25) is 9.59 Å². The molecule has 10 heteroatoms. The van der Waals surface area contributed by atoms with Crippen LogP contribution in [0.3, 0.4) is 0 Å². The molecule has 0 bridgehead atoms. The Hall–Kier alpha value is -2.07. The molecule has 0 fully saturated rings. The summed E-state index contributed by atoms with van der Waals surface area (Å²) in [6.45, 7) is 0. The van der Waals surface area contributed by atoms with Crippen molar-refractivity contribution in [2.45, 2.75) is 6.18 Å². The summed E-state index contributed by atoms with van der Waals surface area (Å²) in [6.07, 6.45) is -2.24. The van der Waals surface area contributed by atoms with Gasteiger partial charge in [0.1, 0.15) is 17.7 Å². The van der Waals surface area contributed by atoms with E-state index < -0.39 is 23.3 Å². The van der Waals surface area contributed by atoms with Crippen molar-refractivity contribution in [3.63, 3.8) is 0 Å². The Labute approximate surface area is 155 Å². The van der Waals surface area contributed by atoms with Gasteiger partial charge in [0, 0.05) is 16.4 Å². The molecule has 0 amide bonds. The summed E-state index contributed by atoms with van der Waals surface area (Å²) in [5.41, 5.74) is -1.18. The number of nitrogens with zero attached hydrogens (tertiary/aromatic N) is 2. The lowest BCUT2D eigenvalue weighted by atomic mass is 9.98. The molecule has 0 spiro atoms. The summed E-state index contributed by atoms with van der Waals surface area (Å²) < 4.78 is 38.8. The number of hydrogen-bond acceptors (Lipinski definition) is 5. The second kappa shape index (κ2) is 6.34. The van der Waals surface area contributed by atoms with Crippen LogP contribution in [0.5, 0.6) is 0 Å². The SMILES string of the molecule is O=C1C(Nc2cc(Br)cc(C(F)(F)F)c2)=C(Br)C(=O)c2ncncc21. The summed E-state index contributed by atoms with van der Waals surface area (Å²) in [6, 6.07) is 3.11. The van der Waals surface area contributed by atoms with Gasteiger partial charge in [-0.1, -0.05) is 15.9 Å². The van der Waals surface area contributed by atoms with E-state index in [-0.39, 0.29) is 31.6 Å². The van der Waals surface area contributed by atoms with Crippen LogP contribution in [0.2, 0.25) is 0 Å². The second-order valence-electron chi connectivity index (χ2n) is 4.98. The predicted molar refractivity (Wildman–Crippen MR) is 89.4 cm³/mol. The van der Waals surface area contributed by atoms with E-state index >= 15 is 0 Å². The van der Waals surface area contributed by atoms with Crippen LogP contribution < -0.4 is 5.32 Å². The van der Waals surface area contributed by atoms with Gasteiger partial charge >= 0.3 is 6.18 Å². The second-order valence-corrected chi connectivity index (χ2v) is 6.69. The first-order valence-electron chi connectivity index (χ1n) is 6.62. The molecule has 0 atom stereocenters. The fourth-order valence-electron chi connectivity index (χ4n) is 2.21. The molecule has 0 saturated heterocycles. The van der Waals surface area contributed by atoms with Crippen LogP contribution in [0.4, 0.5) is 18.9 Å². The molecule has 1 aliphatic carbocycles. The molecule has 0 radical (unpaired) electrons. The van der Waals surface area contributed by atoms with Crippen molar-refractivity contribution in [1.82, 2.24) is 9.97 Å². The smallest absolute Gasteiger partial charge is 0.351 e. The van der Waals surface area contributed by atoms with Crippen molar-refractivity contribution >= 4 is 49.1 Å². The minimum Gasteiger partial charge on any atom is -0.351 e. The zero-order valence-corrected chi connectivity index (χ0v) is 15.2. The first kappa shape index (κ1) is 17.7. The number of carbonyl (C=O) groups excluding carboxylic acids is 2. The van der Waals surface area contributed by atoms with Crippen LogP contribution in [-0.2, 0) is 6.18 Å². The molecular weight excluding hydrogens is 471 g/mol. The number of fused-ring (bicyclic) bond motifs is 1. The highest BCUT2D eigenvalue weighted by molar-refractivity contribution is 9.12. The highest BCUT2D eigenvalue weighted by Gasteiger charge is 2.34. The Kier molecular flexibility index (Phi) is 4.50. The monoisotopic (exact) mass is 475 g/mol. The fraction of sp³-hybridized carbons (Fsp3) is 0.0667. The maximum Gasteiger partial charge on any atom is 0.416 e. The average Bonchev–Trinajstić information content (AvgIpc) is 2.55. The molecule has 0 saturated carbocycles. The molecule has 3 rings (SSSR count). The summed E-state index contributed by atoms with van der Waals surface area (Å²) in [5.74, 6) is -1.17. The Morgan fingerprint density at radius 1 is 1.04 bits per heavy atom. The third kappa shape index (κ3) is 3.36. The van der Waals surface area contributed by atoms with Gasteiger partial charge in [-0.2, -0.15) is 13.2 Å². The molecule has 25 heavy (non-hydrogen) atoms. The van der Waals surface area contributed by atoms with E-state index in [1.54, 1.807) is 0 Å². The predicted octanol–water partition coefficient (Wildman–Crippen LogP) is 4.36. The van der Waals surface area contributed by atoms with Gasteiger partial charge in [0.25, 0.3) is 0 Å². The lowest BCUT2D eigenvalue weighted by molar-refractivity contribution is -0.137. The topological polar surface area (TPSA) is 72.0 Å². The molecule has 1 aromatic heterocycles. The molecule has 2 aromatic rings. The molecule has 1 aliphatic rings. The van der Waals surface area contributed by atoms with Gasteiger partial charge in [-0.15, -0.1) is 0 Å². The Morgan fingerprint density at radius 3 is 2.44 bits per heavy atom. The fourth-order valence-corrected chi connectivity index (χ4v) is 3.17. The Balaban J connectivity index is 2.04. The van der Waals surface area contributed by atoms with Crippen LogP contribution in [-0.4, -0.2) is 21.5 Å². The van der Waals surface area contributed by atoms with E-state index in [9.17, 15) is 22.8 Å². The maximum atomic E-state index is 12.9. The maximum absolute atomic E-state index is 12.9. The normalized spacial score (nSPS) is 14.6. The number of anilines is 1. The number of benzene rings is 1. The van der Waals surface area contributed by atoms with Gasteiger partial charge in [-0.05, 0) is 34.1 Å². The number of allylic oxidation sites excluding steroid dienone is 2. The highest BCUT2D eigenvalue weighted by Crippen LogP contribution is 2.35. The van der Waals surface area contributed by atoms with Crippen LogP contribution in [0.15, 0.2) is 45.4 Å². The van der Waals surface area contributed by atoms with Gasteiger partial charge in [0.15, 0.2) is 0 Å². The number of hydrogen-bond donors (Lipinski definition) is 1. The van der Waals surface area contributed by atoms with Crippen molar-refractivity contribution in [3.05, 3.63) is 62.2 Å². The molecule has 0 unspecified atom stereocenters. The zero-order chi connectivity index (χ0) is 18.4. The number of alkyl halides is 3. The van der Waals surface area contributed by atoms with E-state index in [1.807, 2.05) is 0 Å². The third-order valence-electron chi connectivity index (χ3n) is 3.31. The standard InChI is InChI=1S/C15H6Br2F3N3O2/c16-7-1-6(15(18,19)20)2-8(3-7)23-12-10(17)14(25)11-9(13(12)24)4-21-5-22-11/h1-5,23H. The number of Topliss-reactive ketones (excluding diaryl/α,β-unsaturated/α-hetero) is 2. The largest absolute Gasteiger partial charge is 0.416 e. The first-order chi connectivity index (χ1) is 11.7. The first-order valence-corrected chi connectivity index (χ1v) is 8.21. The number of rotatable bonds is 2. The van der Waals surface area contributed by atoms with Gasteiger partial charge in [0.05, 0.1) is 15.6 Å². The Morgan fingerprint density at radius 2 is 1.76 bits per heavy atom. The zero-order valence-electron chi connectivity index (χ0n) is 12.0. The van der Waals surface area contributed by atoms with E-state index in [2.05, 4.69) is 47.1 Å². The van der Waals surface area contributed by atoms with Crippen molar-refractivity contribution in [2.75, 3.05) is 5.32 Å². The average molecular weight is 477 g/mol. The van der Waals surface area contributed by atoms with Crippen molar-refractivity contribution < 1.29 is 22.8 Å². The number of nitrogens with one attached hydrogen (secondary N) is 1. The van der Waals surface area contributed by atoms with Crippen LogP contribution in [0, 0.1) is 0 Å². The quantitative estimate of drug-likeness (QED) is 0.697. The minimum atomic E-state index is -4.56. The molecule has 128 valence electrons. The summed E-state index contributed by atoms with van der Waals surface area (Å²) >= 11 is 6.02. The molecule has 1 N–H and O–H groups in total. The minimum absolute atomic E-state index is 0.00454. The van der Waals surface area contributed by atoms with Gasteiger partial charge in [-0.25, -0.2) is 9.97 Å². The number of halogens is 5. The molecule has 1 heterocycles. The molecule has 0 aliphatic heterocycles. The number of aromatic nitrogens is 2. The van der Waals surface area contributed by atoms with Crippen molar-refractivity contribution in [1.29, 1.82) is 0 Å². The van der Waals surface area contributed by atoms with E-state index in [1.165, 1.54) is 12.3 Å². The van der Waals surface area contributed by atoms with Crippen molar-refractivity contribution in [2.24, 2.45) is 0 Å². The van der Waals surface area contributed by atoms with Gasteiger partial charge < -0.3 is 5.32 Å². The lowest BCUT2D eigenvalue weighted by Crippen LogP contribution is -2.25. The Bertz CT molecular complexity index is 942. The van der Waals surface area contributed by atoms with Crippen LogP contribution in [0.1, 0.15) is 26.4 Å². The third-order valence-corrected chi connectivity index (χ3v) is 4.53. The van der Waals surface area contributed by atoms with E-state index in [0.717, 1.165) is 18.5 Å².